The fourth-order valence-electron chi connectivity index (χ4n) is 2.61. The van der Waals surface area contributed by atoms with Crippen molar-refractivity contribution in [2.45, 2.75) is 77.0 Å². The van der Waals surface area contributed by atoms with Crippen molar-refractivity contribution in [2.24, 2.45) is 0 Å². The van der Waals surface area contributed by atoms with E-state index in [1.54, 1.807) is 7.11 Å². The molecule has 1 fully saturated rings. The van der Waals surface area contributed by atoms with Crippen LogP contribution in [0.5, 0.6) is 0 Å². The van der Waals surface area contributed by atoms with Crippen molar-refractivity contribution in [2.75, 3.05) is 20.3 Å². The van der Waals surface area contributed by atoms with E-state index in [9.17, 15) is 0 Å². The Morgan fingerprint density at radius 1 is 1.44 bits per heavy atom. The van der Waals surface area contributed by atoms with E-state index in [2.05, 4.69) is 19.2 Å². The maximum Gasteiger partial charge on any atom is 0.0576 e. The lowest BCUT2D eigenvalue weighted by Crippen LogP contribution is -2.33. The van der Waals surface area contributed by atoms with Gasteiger partial charge in [0.25, 0.3) is 0 Å². The first kappa shape index (κ1) is 15.9. The van der Waals surface area contributed by atoms with Gasteiger partial charge in [-0.2, -0.15) is 0 Å². The molecular weight excluding hydrogens is 226 g/mol. The second-order valence-corrected chi connectivity index (χ2v) is 5.50. The van der Waals surface area contributed by atoms with E-state index in [1.165, 1.54) is 38.5 Å². The summed E-state index contributed by atoms with van der Waals surface area (Å²) in [6.45, 7) is 6.46. The molecule has 3 nitrogen and oxygen atoms in total. The maximum absolute atomic E-state index is 5.67. The third-order valence-electron chi connectivity index (χ3n) is 3.80. The highest BCUT2D eigenvalue weighted by atomic mass is 16.5. The first-order valence-electron chi connectivity index (χ1n) is 7.64. The van der Waals surface area contributed by atoms with Crippen LogP contribution in [0, 0.1) is 0 Å². The molecule has 1 saturated heterocycles. The lowest BCUT2D eigenvalue weighted by atomic mass is 10.0. The number of rotatable bonds is 10. The van der Waals surface area contributed by atoms with Gasteiger partial charge in [-0.1, -0.05) is 6.92 Å². The number of methoxy groups -OCH3 is 1. The summed E-state index contributed by atoms with van der Waals surface area (Å²) in [5, 5.41) is 3.64. The van der Waals surface area contributed by atoms with Crippen LogP contribution >= 0.6 is 0 Å². The fourth-order valence-corrected chi connectivity index (χ4v) is 2.61. The van der Waals surface area contributed by atoms with E-state index >= 15 is 0 Å². The summed E-state index contributed by atoms with van der Waals surface area (Å²) < 4.78 is 11.0. The van der Waals surface area contributed by atoms with Gasteiger partial charge in [-0.3, -0.25) is 0 Å². The summed E-state index contributed by atoms with van der Waals surface area (Å²) in [6, 6.07) is 0.598. The fraction of sp³-hybridized carbons (Fsp3) is 1.00. The summed E-state index contributed by atoms with van der Waals surface area (Å²) in [4.78, 5) is 0. The molecule has 0 aliphatic carbocycles. The topological polar surface area (TPSA) is 30.5 Å². The van der Waals surface area contributed by atoms with Gasteiger partial charge in [-0.15, -0.1) is 0 Å². The lowest BCUT2D eigenvalue weighted by Gasteiger charge is -2.22. The van der Waals surface area contributed by atoms with Gasteiger partial charge < -0.3 is 14.8 Å². The van der Waals surface area contributed by atoms with Gasteiger partial charge in [0.15, 0.2) is 0 Å². The number of hydrogen-bond donors (Lipinski definition) is 1. The van der Waals surface area contributed by atoms with Gasteiger partial charge in [0.05, 0.1) is 12.2 Å². The molecule has 108 valence electrons. The molecule has 3 unspecified atom stereocenters. The van der Waals surface area contributed by atoms with Crippen molar-refractivity contribution in [1.82, 2.24) is 5.32 Å². The minimum Gasteiger partial charge on any atom is -0.382 e. The van der Waals surface area contributed by atoms with E-state index in [0.29, 0.717) is 18.2 Å². The van der Waals surface area contributed by atoms with Gasteiger partial charge in [0.2, 0.25) is 0 Å². The minimum atomic E-state index is 0.349. The second kappa shape index (κ2) is 9.76. The highest BCUT2D eigenvalue weighted by Crippen LogP contribution is 2.19. The van der Waals surface area contributed by atoms with E-state index in [1.807, 2.05) is 0 Å². The van der Waals surface area contributed by atoms with E-state index in [0.717, 1.165) is 19.6 Å². The Morgan fingerprint density at radius 2 is 2.28 bits per heavy atom. The molecule has 3 heteroatoms. The van der Waals surface area contributed by atoms with Gasteiger partial charge in [0, 0.05) is 19.8 Å². The van der Waals surface area contributed by atoms with Crippen LogP contribution in [0.1, 0.15) is 58.8 Å². The average Bonchev–Trinajstić information content (AvgIpc) is 2.88. The van der Waals surface area contributed by atoms with Crippen LogP contribution in [0.2, 0.25) is 0 Å². The maximum atomic E-state index is 5.67. The number of ether oxygens (including phenoxy) is 2. The van der Waals surface area contributed by atoms with Crippen LogP contribution < -0.4 is 5.32 Å². The Balaban J connectivity index is 2.16. The lowest BCUT2D eigenvalue weighted by molar-refractivity contribution is 0.0919. The summed E-state index contributed by atoms with van der Waals surface area (Å²) in [7, 11) is 1.80. The molecule has 1 rings (SSSR count). The molecule has 0 bridgehead atoms. The van der Waals surface area contributed by atoms with Gasteiger partial charge in [-0.05, 0) is 58.4 Å². The SMILES string of the molecule is CCCNC(CCCC1CCCO1)CC(C)OC. The number of hydrogen-bond acceptors (Lipinski definition) is 3. The number of nitrogens with one attached hydrogen (secondary N) is 1. The average molecular weight is 257 g/mol. The van der Waals surface area contributed by atoms with Crippen molar-refractivity contribution >= 4 is 0 Å². The Kier molecular flexibility index (Phi) is 8.64. The van der Waals surface area contributed by atoms with E-state index in [4.69, 9.17) is 9.47 Å². The van der Waals surface area contributed by atoms with Crippen LogP contribution in [-0.2, 0) is 9.47 Å². The van der Waals surface area contributed by atoms with Crippen molar-refractivity contribution in [3.63, 3.8) is 0 Å². The quantitative estimate of drug-likeness (QED) is 0.652. The minimum absolute atomic E-state index is 0.349. The monoisotopic (exact) mass is 257 g/mol. The molecule has 0 amide bonds. The van der Waals surface area contributed by atoms with Crippen molar-refractivity contribution < 1.29 is 9.47 Å². The van der Waals surface area contributed by atoms with Crippen LogP contribution in [-0.4, -0.2) is 38.5 Å². The highest BCUT2D eigenvalue weighted by Gasteiger charge is 2.17. The highest BCUT2D eigenvalue weighted by molar-refractivity contribution is 4.72. The predicted molar refractivity (Wildman–Crippen MR) is 76.0 cm³/mol. The van der Waals surface area contributed by atoms with Crippen molar-refractivity contribution in [3.8, 4) is 0 Å². The molecule has 0 aromatic heterocycles. The van der Waals surface area contributed by atoms with Gasteiger partial charge in [0.1, 0.15) is 0 Å². The molecule has 3 atom stereocenters. The predicted octanol–water partition coefficient (Wildman–Crippen LogP) is 3.13. The van der Waals surface area contributed by atoms with Crippen LogP contribution in [0.15, 0.2) is 0 Å². The molecule has 0 spiro atoms. The summed E-state index contributed by atoms with van der Waals surface area (Å²) >= 11 is 0. The Morgan fingerprint density at radius 3 is 2.89 bits per heavy atom. The van der Waals surface area contributed by atoms with Gasteiger partial charge in [-0.25, -0.2) is 0 Å². The van der Waals surface area contributed by atoms with E-state index in [-0.39, 0.29) is 0 Å². The van der Waals surface area contributed by atoms with Crippen LogP contribution in [0.3, 0.4) is 0 Å². The zero-order chi connectivity index (χ0) is 13.2. The Hall–Kier alpha value is -0.120. The third kappa shape index (κ3) is 6.72. The second-order valence-electron chi connectivity index (χ2n) is 5.50. The first-order chi connectivity index (χ1) is 8.76. The Bertz CT molecular complexity index is 193. The molecule has 0 radical (unpaired) electrons. The van der Waals surface area contributed by atoms with Crippen LogP contribution in [0.25, 0.3) is 0 Å². The third-order valence-corrected chi connectivity index (χ3v) is 3.80. The molecular formula is C15H31NO2. The van der Waals surface area contributed by atoms with E-state index < -0.39 is 0 Å². The summed E-state index contributed by atoms with van der Waals surface area (Å²) in [5.74, 6) is 0. The molecule has 0 aromatic carbocycles. The normalized spacial score (nSPS) is 23.2. The smallest absolute Gasteiger partial charge is 0.0576 e. The molecule has 18 heavy (non-hydrogen) atoms. The molecule has 0 aromatic rings. The zero-order valence-corrected chi connectivity index (χ0v) is 12.4. The summed E-state index contributed by atoms with van der Waals surface area (Å²) in [6.07, 6.45) is 9.45. The zero-order valence-electron chi connectivity index (χ0n) is 12.4. The van der Waals surface area contributed by atoms with Crippen molar-refractivity contribution in [3.05, 3.63) is 0 Å². The molecule has 0 saturated carbocycles. The van der Waals surface area contributed by atoms with Crippen molar-refractivity contribution in [1.29, 1.82) is 0 Å². The molecule has 1 heterocycles. The standard InChI is InChI=1S/C15H31NO2/c1-4-10-16-14(12-13(2)17-3)7-5-8-15-9-6-11-18-15/h13-16H,4-12H2,1-3H3. The molecule has 1 aliphatic heterocycles. The molecule has 1 N–H and O–H groups in total. The van der Waals surface area contributed by atoms with Gasteiger partial charge >= 0.3 is 0 Å². The Labute approximate surface area is 113 Å². The summed E-state index contributed by atoms with van der Waals surface area (Å²) in [5.41, 5.74) is 0. The molecule has 1 aliphatic rings. The van der Waals surface area contributed by atoms with Crippen LogP contribution in [0.4, 0.5) is 0 Å². The first-order valence-corrected chi connectivity index (χ1v) is 7.64. The largest absolute Gasteiger partial charge is 0.382 e.